The molecule has 2 N–H and O–H groups in total. The van der Waals surface area contributed by atoms with Gasteiger partial charge in [0.25, 0.3) is 5.91 Å². The first-order chi connectivity index (χ1) is 10.4. The number of nitrogens with two attached hydrogens (primary N) is 1. The third-order valence-electron chi connectivity index (χ3n) is 4.68. The number of primary amides is 1. The Kier molecular flexibility index (Phi) is 3.92. The van der Waals surface area contributed by atoms with E-state index in [1.807, 2.05) is 0 Å². The van der Waals surface area contributed by atoms with Gasteiger partial charge in [-0.3, -0.25) is 9.59 Å². The average Bonchev–Trinajstić information content (AvgIpc) is 3.01. The predicted molar refractivity (Wildman–Crippen MR) is 78.9 cm³/mol. The zero-order chi connectivity index (χ0) is 16.0. The molecule has 22 heavy (non-hydrogen) atoms. The molecule has 1 saturated carbocycles. The Morgan fingerprint density at radius 2 is 1.91 bits per heavy atom. The van der Waals surface area contributed by atoms with Crippen LogP contribution in [-0.4, -0.2) is 29.3 Å². The predicted octanol–water partition coefficient (Wildman–Crippen LogP) is 2.45. The quantitative estimate of drug-likeness (QED) is 0.810. The Morgan fingerprint density at radius 3 is 2.59 bits per heavy atom. The number of amides is 2. The van der Waals surface area contributed by atoms with E-state index in [0.29, 0.717) is 6.54 Å². The number of likely N-dealkylation sites (tertiary alicyclic amines) is 1. The van der Waals surface area contributed by atoms with Crippen LogP contribution in [0.1, 0.15) is 29.6 Å². The van der Waals surface area contributed by atoms with Crippen molar-refractivity contribution in [1.29, 1.82) is 0 Å². The zero-order valence-corrected chi connectivity index (χ0v) is 13.3. The Morgan fingerprint density at radius 1 is 1.23 bits per heavy atom. The minimum Gasteiger partial charge on any atom is -0.368 e. The van der Waals surface area contributed by atoms with Gasteiger partial charge in [0.1, 0.15) is 6.04 Å². The molecule has 2 aliphatic rings. The van der Waals surface area contributed by atoms with Crippen LogP contribution in [0.5, 0.6) is 0 Å². The molecule has 3 atom stereocenters. The van der Waals surface area contributed by atoms with E-state index in [-0.39, 0.29) is 21.9 Å². The van der Waals surface area contributed by atoms with Crippen LogP contribution < -0.4 is 5.73 Å². The van der Waals surface area contributed by atoms with Gasteiger partial charge in [0.15, 0.2) is 11.6 Å². The molecule has 1 aliphatic carbocycles. The molecule has 7 heteroatoms. The van der Waals surface area contributed by atoms with E-state index in [2.05, 4.69) is 15.9 Å². The van der Waals surface area contributed by atoms with Crippen molar-refractivity contribution in [3.05, 3.63) is 33.8 Å². The monoisotopic (exact) mass is 372 g/mol. The smallest absolute Gasteiger partial charge is 0.255 e. The van der Waals surface area contributed by atoms with Crippen LogP contribution >= 0.6 is 15.9 Å². The van der Waals surface area contributed by atoms with E-state index < -0.39 is 29.5 Å². The van der Waals surface area contributed by atoms with Gasteiger partial charge in [0, 0.05) is 11.0 Å². The number of hydrogen-bond donors (Lipinski definition) is 1. The number of nitrogens with zero attached hydrogens (tertiary/aromatic N) is 1. The molecule has 0 spiro atoms. The summed E-state index contributed by atoms with van der Waals surface area (Å²) >= 11 is 3.08. The van der Waals surface area contributed by atoms with Gasteiger partial charge >= 0.3 is 0 Å². The number of halogens is 3. The highest BCUT2D eigenvalue weighted by molar-refractivity contribution is 9.10. The third-order valence-corrected chi connectivity index (χ3v) is 5.34. The minimum absolute atomic E-state index is 0.00474. The van der Waals surface area contributed by atoms with Crippen molar-refractivity contribution in [2.45, 2.75) is 25.3 Å². The Hall–Kier alpha value is -1.50. The van der Waals surface area contributed by atoms with Crippen LogP contribution in [0, 0.1) is 23.5 Å². The SMILES string of the molecule is NC(=O)C1C2CCCC2CN1C(=O)c1cc(F)c(F)cc1Br. The second-order valence-corrected chi connectivity index (χ2v) is 6.76. The molecule has 1 aliphatic heterocycles. The maximum Gasteiger partial charge on any atom is 0.255 e. The molecule has 1 aromatic carbocycles. The van der Waals surface area contributed by atoms with Crippen LogP contribution in [0.25, 0.3) is 0 Å². The Balaban J connectivity index is 1.95. The summed E-state index contributed by atoms with van der Waals surface area (Å²) in [5, 5.41) is 0. The van der Waals surface area contributed by atoms with Gasteiger partial charge in [0.05, 0.1) is 5.56 Å². The fourth-order valence-corrected chi connectivity index (χ4v) is 4.21. The van der Waals surface area contributed by atoms with Crippen LogP contribution in [0.3, 0.4) is 0 Å². The molecule has 1 heterocycles. The second-order valence-electron chi connectivity index (χ2n) is 5.91. The molecule has 0 radical (unpaired) electrons. The van der Waals surface area contributed by atoms with Crippen molar-refractivity contribution in [3.8, 4) is 0 Å². The average molecular weight is 373 g/mol. The molecule has 3 rings (SSSR count). The van der Waals surface area contributed by atoms with Gasteiger partial charge < -0.3 is 10.6 Å². The summed E-state index contributed by atoms with van der Waals surface area (Å²) in [6, 6.07) is 1.10. The Labute approximate surface area is 134 Å². The van der Waals surface area contributed by atoms with Crippen LogP contribution in [-0.2, 0) is 4.79 Å². The summed E-state index contributed by atoms with van der Waals surface area (Å²) in [6.07, 6.45) is 2.84. The zero-order valence-electron chi connectivity index (χ0n) is 11.7. The molecule has 4 nitrogen and oxygen atoms in total. The summed E-state index contributed by atoms with van der Waals surface area (Å²) in [6.45, 7) is 0.433. The maximum atomic E-state index is 13.4. The van der Waals surface area contributed by atoms with Crippen LogP contribution in [0.4, 0.5) is 8.78 Å². The van der Waals surface area contributed by atoms with Crippen molar-refractivity contribution in [2.75, 3.05) is 6.54 Å². The van der Waals surface area contributed by atoms with Gasteiger partial charge in [-0.2, -0.15) is 0 Å². The molecule has 3 unspecified atom stereocenters. The van der Waals surface area contributed by atoms with Crippen LogP contribution in [0.15, 0.2) is 16.6 Å². The largest absolute Gasteiger partial charge is 0.368 e. The Bertz CT molecular complexity index is 653. The fourth-order valence-electron chi connectivity index (χ4n) is 3.72. The van der Waals surface area contributed by atoms with E-state index in [1.54, 1.807) is 0 Å². The van der Waals surface area contributed by atoms with Crippen molar-refractivity contribution in [2.24, 2.45) is 17.6 Å². The highest BCUT2D eigenvalue weighted by Crippen LogP contribution is 2.42. The lowest BCUT2D eigenvalue weighted by Gasteiger charge is -2.25. The lowest BCUT2D eigenvalue weighted by molar-refractivity contribution is -0.122. The highest BCUT2D eigenvalue weighted by Gasteiger charge is 2.48. The van der Waals surface area contributed by atoms with Crippen LogP contribution in [0.2, 0.25) is 0 Å². The standard InChI is InChI=1S/C15H15BrF2N2O2/c16-10-5-12(18)11(17)4-9(10)15(22)20-6-7-2-1-3-8(7)13(20)14(19)21/h4-5,7-8,13H,1-3,6H2,(H2,19,21). The summed E-state index contributed by atoms with van der Waals surface area (Å²) in [7, 11) is 0. The topological polar surface area (TPSA) is 63.4 Å². The van der Waals surface area contributed by atoms with Gasteiger partial charge in [-0.1, -0.05) is 6.42 Å². The normalized spacial score (nSPS) is 27.0. The molecule has 2 amide bonds. The molecular weight excluding hydrogens is 358 g/mol. The third kappa shape index (κ3) is 2.41. The molecular formula is C15H15BrF2N2O2. The highest BCUT2D eigenvalue weighted by atomic mass is 79.9. The maximum absolute atomic E-state index is 13.4. The molecule has 2 fully saturated rings. The van der Waals surface area contributed by atoms with Gasteiger partial charge in [0.2, 0.25) is 5.91 Å². The van der Waals surface area contributed by atoms with E-state index in [4.69, 9.17) is 5.73 Å². The first-order valence-corrected chi connectivity index (χ1v) is 7.94. The molecule has 1 aromatic rings. The second kappa shape index (κ2) is 5.61. The minimum atomic E-state index is -1.10. The molecule has 0 bridgehead atoms. The van der Waals surface area contributed by atoms with Gasteiger partial charge in [-0.05, 0) is 52.7 Å². The molecule has 1 saturated heterocycles. The number of carbonyl (C=O) groups is 2. The van der Waals surface area contributed by atoms with E-state index >= 15 is 0 Å². The number of rotatable bonds is 2. The first-order valence-electron chi connectivity index (χ1n) is 7.15. The van der Waals surface area contributed by atoms with Crippen molar-refractivity contribution >= 4 is 27.7 Å². The lowest BCUT2D eigenvalue weighted by atomic mass is 9.93. The first kappa shape index (κ1) is 15.4. The summed E-state index contributed by atoms with van der Waals surface area (Å²) in [4.78, 5) is 25.9. The number of benzene rings is 1. The lowest BCUT2D eigenvalue weighted by Crippen LogP contribution is -2.46. The van der Waals surface area contributed by atoms with Gasteiger partial charge in [-0.25, -0.2) is 8.78 Å². The summed E-state index contributed by atoms with van der Waals surface area (Å²) in [5.74, 6) is -2.84. The number of carbonyl (C=O) groups excluding carboxylic acids is 2. The van der Waals surface area contributed by atoms with E-state index in [9.17, 15) is 18.4 Å². The number of fused-ring (bicyclic) bond motifs is 1. The van der Waals surface area contributed by atoms with Crippen molar-refractivity contribution in [1.82, 2.24) is 4.90 Å². The van der Waals surface area contributed by atoms with E-state index in [0.717, 1.165) is 31.4 Å². The summed E-state index contributed by atoms with van der Waals surface area (Å²) in [5.41, 5.74) is 5.48. The molecule has 0 aromatic heterocycles. The fraction of sp³-hybridized carbons (Fsp3) is 0.467. The molecule has 118 valence electrons. The summed E-state index contributed by atoms with van der Waals surface area (Å²) < 4.78 is 26.8. The van der Waals surface area contributed by atoms with E-state index in [1.165, 1.54) is 4.90 Å². The van der Waals surface area contributed by atoms with Gasteiger partial charge in [-0.15, -0.1) is 0 Å². The number of hydrogen-bond acceptors (Lipinski definition) is 2. The van der Waals surface area contributed by atoms with Crippen molar-refractivity contribution in [3.63, 3.8) is 0 Å². The van der Waals surface area contributed by atoms with Crippen molar-refractivity contribution < 1.29 is 18.4 Å².